The minimum atomic E-state index is -0.389. The Morgan fingerprint density at radius 3 is 2.93 bits per heavy atom. The van der Waals surface area contributed by atoms with Gasteiger partial charge in [0.05, 0.1) is 11.6 Å². The number of halogens is 1. The van der Waals surface area contributed by atoms with Crippen LogP contribution in [-0.4, -0.2) is 24.2 Å². The van der Waals surface area contributed by atoms with E-state index in [0.29, 0.717) is 18.1 Å². The summed E-state index contributed by atoms with van der Waals surface area (Å²) in [6.45, 7) is 2.44. The quantitative estimate of drug-likeness (QED) is 0.829. The summed E-state index contributed by atoms with van der Waals surface area (Å²) in [7, 11) is 1.64. The van der Waals surface area contributed by atoms with Crippen LogP contribution in [0.25, 0.3) is 0 Å². The smallest absolute Gasteiger partial charge is 0.0642 e. The number of pyridine rings is 1. The van der Waals surface area contributed by atoms with Gasteiger partial charge in [-0.15, -0.1) is 0 Å². The highest BCUT2D eigenvalue weighted by Crippen LogP contribution is 2.18. The summed E-state index contributed by atoms with van der Waals surface area (Å²) >= 11 is 5.97. The Labute approximate surface area is 89.2 Å². The highest BCUT2D eigenvalue weighted by atomic mass is 35.5. The Morgan fingerprint density at radius 1 is 1.64 bits per heavy atom. The summed E-state index contributed by atoms with van der Waals surface area (Å²) < 4.78 is 5.03. The van der Waals surface area contributed by atoms with Crippen molar-refractivity contribution in [1.29, 1.82) is 0 Å². The average Bonchev–Trinajstić information content (AvgIpc) is 2.08. The Hall–Kier alpha value is -0.640. The lowest BCUT2D eigenvalue weighted by atomic mass is 9.95. The van der Waals surface area contributed by atoms with Crippen molar-refractivity contribution in [2.45, 2.75) is 18.9 Å². The molecule has 0 saturated heterocycles. The van der Waals surface area contributed by atoms with Crippen molar-refractivity contribution in [3.63, 3.8) is 0 Å². The van der Waals surface area contributed by atoms with Gasteiger partial charge in [0, 0.05) is 25.0 Å². The fourth-order valence-corrected chi connectivity index (χ4v) is 1.55. The number of ether oxygens (including phenoxy) is 1. The first-order valence-electron chi connectivity index (χ1n) is 4.41. The Kier molecular flexibility index (Phi) is 3.86. The van der Waals surface area contributed by atoms with E-state index in [2.05, 4.69) is 4.98 Å². The molecule has 0 amide bonds. The number of methoxy groups -OCH3 is 1. The third kappa shape index (κ3) is 3.25. The Balaban J connectivity index is 2.73. The average molecular weight is 215 g/mol. The number of nitrogens with zero attached hydrogens (tertiary/aromatic N) is 1. The maximum atomic E-state index is 6.02. The zero-order valence-electron chi connectivity index (χ0n) is 8.46. The van der Waals surface area contributed by atoms with Gasteiger partial charge in [0.25, 0.3) is 0 Å². The van der Waals surface area contributed by atoms with Crippen molar-refractivity contribution in [2.24, 2.45) is 5.73 Å². The molecule has 3 nitrogen and oxygen atoms in total. The van der Waals surface area contributed by atoms with Crippen LogP contribution in [-0.2, 0) is 11.2 Å². The van der Waals surface area contributed by atoms with Crippen molar-refractivity contribution in [3.8, 4) is 0 Å². The highest BCUT2D eigenvalue weighted by Gasteiger charge is 2.19. The summed E-state index contributed by atoms with van der Waals surface area (Å²) in [5.74, 6) is 0. The first kappa shape index (κ1) is 11.4. The van der Waals surface area contributed by atoms with Crippen LogP contribution in [0, 0.1) is 0 Å². The Morgan fingerprint density at radius 2 is 2.36 bits per heavy atom. The summed E-state index contributed by atoms with van der Waals surface area (Å²) in [5.41, 5.74) is 6.64. The molecule has 0 saturated carbocycles. The van der Waals surface area contributed by atoms with Gasteiger partial charge in [-0.05, 0) is 25.0 Å². The maximum absolute atomic E-state index is 6.02. The number of rotatable bonds is 4. The fraction of sp³-hybridized carbons (Fsp3) is 0.500. The molecule has 1 unspecified atom stereocenters. The molecule has 0 fully saturated rings. The molecule has 0 aliphatic rings. The zero-order chi connectivity index (χ0) is 10.6. The zero-order valence-corrected chi connectivity index (χ0v) is 9.21. The van der Waals surface area contributed by atoms with Crippen LogP contribution in [0.15, 0.2) is 18.5 Å². The summed E-state index contributed by atoms with van der Waals surface area (Å²) in [5, 5.41) is 0.653. The molecule has 78 valence electrons. The molecule has 0 bridgehead atoms. The van der Waals surface area contributed by atoms with Crippen molar-refractivity contribution in [3.05, 3.63) is 29.0 Å². The van der Waals surface area contributed by atoms with E-state index in [1.807, 2.05) is 13.0 Å². The van der Waals surface area contributed by atoms with Gasteiger partial charge in [0.1, 0.15) is 0 Å². The van der Waals surface area contributed by atoms with E-state index in [1.165, 1.54) is 0 Å². The SMILES string of the molecule is COCC(C)(N)Cc1ccncc1Cl. The van der Waals surface area contributed by atoms with Gasteiger partial charge in [-0.25, -0.2) is 0 Å². The van der Waals surface area contributed by atoms with E-state index in [9.17, 15) is 0 Å². The summed E-state index contributed by atoms with van der Waals surface area (Å²) in [4.78, 5) is 3.92. The van der Waals surface area contributed by atoms with E-state index in [4.69, 9.17) is 22.1 Å². The van der Waals surface area contributed by atoms with E-state index in [-0.39, 0.29) is 5.54 Å². The highest BCUT2D eigenvalue weighted by molar-refractivity contribution is 6.31. The monoisotopic (exact) mass is 214 g/mol. The lowest BCUT2D eigenvalue weighted by Crippen LogP contribution is -2.43. The van der Waals surface area contributed by atoms with Crippen LogP contribution in [0.3, 0.4) is 0 Å². The van der Waals surface area contributed by atoms with Gasteiger partial charge in [0.2, 0.25) is 0 Å². The molecule has 0 aliphatic carbocycles. The Bertz CT molecular complexity index is 302. The van der Waals surface area contributed by atoms with Crippen LogP contribution >= 0.6 is 11.6 Å². The van der Waals surface area contributed by atoms with E-state index in [1.54, 1.807) is 19.5 Å². The lowest BCUT2D eigenvalue weighted by Gasteiger charge is -2.23. The minimum Gasteiger partial charge on any atom is -0.383 e. The molecule has 0 spiro atoms. The largest absolute Gasteiger partial charge is 0.383 e. The molecule has 1 aromatic heterocycles. The van der Waals surface area contributed by atoms with Gasteiger partial charge >= 0.3 is 0 Å². The molecule has 0 aromatic carbocycles. The van der Waals surface area contributed by atoms with Crippen LogP contribution in [0.5, 0.6) is 0 Å². The van der Waals surface area contributed by atoms with Crippen LogP contribution in [0.4, 0.5) is 0 Å². The summed E-state index contributed by atoms with van der Waals surface area (Å²) in [6.07, 6.45) is 4.02. The van der Waals surface area contributed by atoms with Crippen molar-refractivity contribution in [2.75, 3.05) is 13.7 Å². The van der Waals surface area contributed by atoms with Gasteiger partial charge in [-0.2, -0.15) is 0 Å². The summed E-state index contributed by atoms with van der Waals surface area (Å²) in [6, 6.07) is 1.88. The topological polar surface area (TPSA) is 48.1 Å². The molecule has 1 aromatic rings. The first-order valence-corrected chi connectivity index (χ1v) is 4.79. The molecule has 4 heteroatoms. The van der Waals surface area contributed by atoms with E-state index < -0.39 is 0 Å². The number of hydrogen-bond acceptors (Lipinski definition) is 3. The normalized spacial score (nSPS) is 15.1. The fourth-order valence-electron chi connectivity index (χ4n) is 1.36. The maximum Gasteiger partial charge on any atom is 0.0642 e. The van der Waals surface area contributed by atoms with E-state index >= 15 is 0 Å². The van der Waals surface area contributed by atoms with E-state index in [0.717, 1.165) is 5.56 Å². The lowest BCUT2D eigenvalue weighted by molar-refractivity contribution is 0.141. The van der Waals surface area contributed by atoms with Crippen LogP contribution in [0.1, 0.15) is 12.5 Å². The number of aromatic nitrogens is 1. The first-order chi connectivity index (χ1) is 6.55. The molecule has 0 radical (unpaired) electrons. The van der Waals surface area contributed by atoms with Crippen LogP contribution < -0.4 is 5.73 Å². The molecule has 1 atom stereocenters. The van der Waals surface area contributed by atoms with Crippen LogP contribution in [0.2, 0.25) is 5.02 Å². The molecule has 0 aliphatic heterocycles. The molecule has 14 heavy (non-hydrogen) atoms. The molecular formula is C10H15ClN2O. The third-order valence-electron chi connectivity index (χ3n) is 1.92. The second-order valence-corrected chi connectivity index (χ2v) is 4.14. The predicted octanol–water partition coefficient (Wildman–Crippen LogP) is 1.64. The standard InChI is InChI=1S/C10H15ClN2O/c1-10(12,7-14-2)5-8-3-4-13-6-9(8)11/h3-4,6H,5,7,12H2,1-2H3. The molecule has 1 rings (SSSR count). The molecule has 2 N–H and O–H groups in total. The number of hydrogen-bond donors (Lipinski definition) is 1. The second kappa shape index (κ2) is 4.73. The van der Waals surface area contributed by atoms with Crippen molar-refractivity contribution < 1.29 is 4.74 Å². The van der Waals surface area contributed by atoms with Gasteiger partial charge in [-0.1, -0.05) is 11.6 Å². The number of nitrogens with two attached hydrogens (primary N) is 1. The predicted molar refractivity (Wildman–Crippen MR) is 57.4 cm³/mol. The van der Waals surface area contributed by atoms with Crippen molar-refractivity contribution >= 4 is 11.6 Å². The molecule has 1 heterocycles. The third-order valence-corrected chi connectivity index (χ3v) is 2.27. The van der Waals surface area contributed by atoms with Crippen molar-refractivity contribution in [1.82, 2.24) is 4.98 Å². The van der Waals surface area contributed by atoms with Gasteiger partial charge in [-0.3, -0.25) is 4.98 Å². The van der Waals surface area contributed by atoms with Gasteiger partial charge < -0.3 is 10.5 Å². The minimum absolute atomic E-state index is 0.389. The van der Waals surface area contributed by atoms with Gasteiger partial charge in [0.15, 0.2) is 0 Å². The molecular weight excluding hydrogens is 200 g/mol. The second-order valence-electron chi connectivity index (χ2n) is 3.73.